The van der Waals surface area contributed by atoms with Crippen molar-refractivity contribution >= 4 is 23.8 Å². The van der Waals surface area contributed by atoms with Crippen LogP contribution in [0.25, 0.3) is 11.3 Å². The average Bonchev–Trinajstić information content (AvgIpc) is 3.36. The van der Waals surface area contributed by atoms with Gasteiger partial charge in [0.2, 0.25) is 5.91 Å². The van der Waals surface area contributed by atoms with E-state index in [1.54, 1.807) is 0 Å². The highest BCUT2D eigenvalue weighted by Crippen LogP contribution is 2.36. The minimum atomic E-state index is -1.19. The molecular weight excluding hydrogens is 476 g/mol. The molecule has 1 aromatic carbocycles. The van der Waals surface area contributed by atoms with Gasteiger partial charge in [-0.2, -0.15) is 0 Å². The van der Waals surface area contributed by atoms with Gasteiger partial charge in [-0.05, 0) is 30.3 Å². The number of furan rings is 1. The van der Waals surface area contributed by atoms with E-state index in [2.05, 4.69) is 9.72 Å². The Bertz CT molecular complexity index is 1370. The van der Waals surface area contributed by atoms with Crippen LogP contribution in [0.4, 0.5) is 0 Å². The third kappa shape index (κ3) is 5.12. The number of nitrogens with two attached hydrogens (primary N) is 1. The Morgan fingerprint density at radius 3 is 2.08 bits per heavy atom. The minimum Gasteiger partial charge on any atom is -0.506 e. The third-order valence-corrected chi connectivity index (χ3v) is 5.29. The third-order valence-electron chi connectivity index (χ3n) is 5.29. The number of nitrogens with one attached hydrogen (secondary N) is 1. The maximum atomic E-state index is 12.6. The molecule has 0 spiro atoms. The summed E-state index contributed by atoms with van der Waals surface area (Å²) in [5.41, 5.74) is 4.29. The molecule has 12 heteroatoms. The lowest BCUT2D eigenvalue weighted by molar-refractivity contribution is -0.118. The number of ether oxygens (including phenoxy) is 3. The van der Waals surface area contributed by atoms with E-state index in [4.69, 9.17) is 19.6 Å². The number of esters is 3. The Morgan fingerprint density at radius 1 is 0.972 bits per heavy atom. The van der Waals surface area contributed by atoms with Crippen molar-refractivity contribution in [3.05, 3.63) is 74.9 Å². The first-order valence-electron chi connectivity index (χ1n) is 10.3. The van der Waals surface area contributed by atoms with E-state index in [1.807, 2.05) is 0 Å². The van der Waals surface area contributed by atoms with Crippen molar-refractivity contribution in [2.75, 3.05) is 21.3 Å². The molecule has 1 unspecified atom stereocenters. The van der Waals surface area contributed by atoms with Crippen molar-refractivity contribution in [2.45, 2.75) is 12.3 Å². The van der Waals surface area contributed by atoms with E-state index in [-0.39, 0.29) is 39.3 Å². The number of carbonyl (C=O) groups excluding carboxylic acids is 4. The summed E-state index contributed by atoms with van der Waals surface area (Å²) in [5, 5.41) is 10.7. The van der Waals surface area contributed by atoms with Gasteiger partial charge in [0.05, 0.1) is 43.9 Å². The van der Waals surface area contributed by atoms with Crippen LogP contribution < -0.4 is 11.3 Å². The number of rotatable bonds is 8. The van der Waals surface area contributed by atoms with Crippen molar-refractivity contribution in [3.63, 3.8) is 0 Å². The fourth-order valence-electron chi connectivity index (χ4n) is 3.61. The lowest BCUT2D eigenvalue weighted by atomic mass is 9.92. The summed E-state index contributed by atoms with van der Waals surface area (Å²) in [6, 6.07) is 7.00. The molecule has 2 aromatic heterocycles. The molecule has 0 aliphatic rings. The van der Waals surface area contributed by atoms with Crippen molar-refractivity contribution < 1.29 is 42.9 Å². The van der Waals surface area contributed by atoms with Crippen LogP contribution in [-0.4, -0.2) is 55.2 Å². The van der Waals surface area contributed by atoms with Gasteiger partial charge in [0, 0.05) is 18.2 Å². The summed E-state index contributed by atoms with van der Waals surface area (Å²) < 4.78 is 19.9. The second-order valence-corrected chi connectivity index (χ2v) is 7.49. The molecule has 3 rings (SSSR count). The maximum Gasteiger partial charge on any atom is 0.343 e. The van der Waals surface area contributed by atoms with Crippen molar-refractivity contribution in [3.8, 4) is 17.1 Å². The van der Waals surface area contributed by atoms with Gasteiger partial charge in [-0.3, -0.25) is 9.59 Å². The highest BCUT2D eigenvalue weighted by atomic mass is 16.5. The maximum absolute atomic E-state index is 12.6. The number of primary amides is 1. The number of amides is 1. The number of hydrogen-bond acceptors (Lipinski definition) is 10. The molecule has 0 fully saturated rings. The molecule has 1 amide bonds. The molecule has 0 aliphatic carbocycles. The fourth-order valence-corrected chi connectivity index (χ4v) is 3.61. The first kappa shape index (κ1) is 25.7. The predicted molar refractivity (Wildman–Crippen MR) is 123 cm³/mol. The summed E-state index contributed by atoms with van der Waals surface area (Å²) in [5.74, 6) is -4.86. The first-order chi connectivity index (χ1) is 17.1. The first-order valence-corrected chi connectivity index (χ1v) is 10.3. The van der Waals surface area contributed by atoms with Crippen LogP contribution in [0.1, 0.15) is 54.7 Å². The van der Waals surface area contributed by atoms with Crippen molar-refractivity contribution in [2.24, 2.45) is 5.73 Å². The predicted octanol–water partition coefficient (Wildman–Crippen LogP) is 1.71. The zero-order valence-electron chi connectivity index (χ0n) is 19.4. The standard InChI is InChI=1S/C24H22N2O10/c1-33-22(30)12-6-11(7-13(8-12)23(31)34-2)16-4-5-17(36-16)14(9-18(25)27)19-20(28)15(24(32)35-3)10-26-21(19)29/h4-8,10,14H,9H2,1-3H3,(H2,25,27)(H2,26,28,29). The van der Waals surface area contributed by atoms with Gasteiger partial charge in [0.25, 0.3) is 5.56 Å². The van der Waals surface area contributed by atoms with Gasteiger partial charge in [0.15, 0.2) is 0 Å². The molecule has 36 heavy (non-hydrogen) atoms. The molecule has 2 heterocycles. The number of H-pyrrole nitrogens is 1. The zero-order valence-corrected chi connectivity index (χ0v) is 19.4. The van der Waals surface area contributed by atoms with E-state index in [0.717, 1.165) is 13.3 Å². The molecule has 0 radical (unpaired) electrons. The Labute approximate surface area is 203 Å². The molecule has 12 nitrogen and oxygen atoms in total. The van der Waals surface area contributed by atoms with Gasteiger partial charge < -0.3 is 34.5 Å². The van der Waals surface area contributed by atoms with Gasteiger partial charge in [-0.25, -0.2) is 14.4 Å². The van der Waals surface area contributed by atoms with E-state index in [9.17, 15) is 29.1 Å². The number of aromatic amines is 1. The number of benzene rings is 1. The minimum absolute atomic E-state index is 0.0368. The van der Waals surface area contributed by atoms with E-state index >= 15 is 0 Å². The van der Waals surface area contributed by atoms with Crippen molar-refractivity contribution in [1.82, 2.24) is 4.98 Å². The van der Waals surface area contributed by atoms with Crippen LogP contribution in [0.3, 0.4) is 0 Å². The summed E-state index contributed by atoms with van der Waals surface area (Å²) >= 11 is 0. The molecule has 0 aliphatic heterocycles. The van der Waals surface area contributed by atoms with Crippen LogP contribution >= 0.6 is 0 Å². The summed E-state index contributed by atoms with van der Waals surface area (Å²) in [7, 11) is 3.45. The summed E-state index contributed by atoms with van der Waals surface area (Å²) in [6.07, 6.45) is 0.526. The SMILES string of the molecule is COC(=O)c1cc(C(=O)OC)cc(-c2ccc(C(CC(N)=O)c3c(O)c(C(=O)OC)c[nH]c3=O)o2)c1. The van der Waals surface area contributed by atoms with E-state index in [1.165, 1.54) is 44.6 Å². The number of aromatic hydroxyl groups is 1. The van der Waals surface area contributed by atoms with Crippen LogP contribution in [0.2, 0.25) is 0 Å². The van der Waals surface area contributed by atoms with Crippen LogP contribution in [0.5, 0.6) is 5.75 Å². The highest BCUT2D eigenvalue weighted by molar-refractivity contribution is 5.97. The number of carbonyl (C=O) groups is 4. The molecule has 4 N–H and O–H groups in total. The quantitative estimate of drug-likeness (QED) is 0.304. The van der Waals surface area contributed by atoms with Gasteiger partial charge in [0.1, 0.15) is 22.8 Å². The number of aromatic nitrogens is 1. The number of methoxy groups -OCH3 is 3. The van der Waals surface area contributed by atoms with Crippen molar-refractivity contribution in [1.29, 1.82) is 0 Å². The Morgan fingerprint density at radius 2 is 1.56 bits per heavy atom. The van der Waals surface area contributed by atoms with Crippen LogP contribution in [-0.2, 0) is 19.0 Å². The molecule has 3 aromatic rings. The lowest BCUT2D eigenvalue weighted by Gasteiger charge is -2.15. The largest absolute Gasteiger partial charge is 0.506 e. The molecule has 188 valence electrons. The van der Waals surface area contributed by atoms with E-state index < -0.39 is 47.5 Å². The van der Waals surface area contributed by atoms with Crippen LogP contribution in [0.15, 0.2) is 45.7 Å². The Balaban J connectivity index is 2.16. The number of hydrogen-bond donors (Lipinski definition) is 3. The average molecular weight is 498 g/mol. The second-order valence-electron chi connectivity index (χ2n) is 7.49. The molecular formula is C24H22N2O10. The summed E-state index contributed by atoms with van der Waals surface area (Å²) in [6.45, 7) is 0. The Kier molecular flexibility index (Phi) is 7.58. The molecule has 0 saturated heterocycles. The number of pyridine rings is 1. The lowest BCUT2D eigenvalue weighted by Crippen LogP contribution is -2.23. The van der Waals surface area contributed by atoms with Gasteiger partial charge in [-0.1, -0.05) is 0 Å². The highest BCUT2D eigenvalue weighted by Gasteiger charge is 2.30. The van der Waals surface area contributed by atoms with Gasteiger partial charge >= 0.3 is 17.9 Å². The molecule has 1 atom stereocenters. The molecule has 0 saturated carbocycles. The summed E-state index contributed by atoms with van der Waals surface area (Å²) in [4.78, 5) is 63.0. The van der Waals surface area contributed by atoms with E-state index in [0.29, 0.717) is 0 Å². The molecule has 0 bridgehead atoms. The second kappa shape index (κ2) is 10.6. The fraction of sp³-hybridized carbons (Fsp3) is 0.208. The Hall–Kier alpha value is -4.87. The van der Waals surface area contributed by atoms with Crippen LogP contribution in [0, 0.1) is 0 Å². The smallest absolute Gasteiger partial charge is 0.343 e. The van der Waals surface area contributed by atoms with Gasteiger partial charge in [-0.15, -0.1) is 0 Å². The zero-order chi connectivity index (χ0) is 26.6. The topological polar surface area (TPSA) is 188 Å². The monoisotopic (exact) mass is 498 g/mol. The normalized spacial score (nSPS) is 11.4.